The first-order valence-electron chi connectivity index (χ1n) is 13.1. The standard InChI is InChI=1S/C28H41ClN2O4/c1-20(2)35-24-15-14-22(18-25(24)34-3)27(28(33)30-23-12-8-5-9-13-23)31(26(32)19-29)17-16-21-10-6-4-7-11-21/h10,14-15,18,20,23,27H,4-9,11-13,16-17,19H2,1-3H3,(H,30,33). The van der Waals surface area contributed by atoms with E-state index in [0.717, 1.165) is 44.9 Å². The first kappa shape index (κ1) is 27.4. The molecule has 1 saturated carbocycles. The molecule has 7 heteroatoms. The van der Waals surface area contributed by atoms with Gasteiger partial charge in [-0.25, -0.2) is 0 Å². The number of carbonyl (C=O) groups is 2. The Balaban J connectivity index is 1.93. The molecule has 0 bridgehead atoms. The SMILES string of the molecule is COc1cc(C(C(=O)NC2CCCCC2)N(CCC2=CCCCC2)C(=O)CCl)ccc1OC(C)C. The van der Waals surface area contributed by atoms with Crippen LogP contribution in [0.2, 0.25) is 0 Å². The average Bonchev–Trinajstić information content (AvgIpc) is 2.87. The molecule has 1 atom stereocenters. The number of benzene rings is 1. The minimum Gasteiger partial charge on any atom is -0.493 e. The molecule has 2 aliphatic carbocycles. The summed E-state index contributed by atoms with van der Waals surface area (Å²) < 4.78 is 11.5. The van der Waals surface area contributed by atoms with Crippen molar-refractivity contribution in [3.05, 3.63) is 35.4 Å². The third-order valence-electron chi connectivity index (χ3n) is 6.87. The van der Waals surface area contributed by atoms with Gasteiger partial charge in [-0.15, -0.1) is 11.6 Å². The lowest BCUT2D eigenvalue weighted by atomic mass is 9.94. The summed E-state index contributed by atoms with van der Waals surface area (Å²) in [6.45, 7) is 4.36. The predicted octanol–water partition coefficient (Wildman–Crippen LogP) is 5.93. The Morgan fingerprint density at radius 3 is 2.51 bits per heavy atom. The molecule has 0 heterocycles. The summed E-state index contributed by atoms with van der Waals surface area (Å²) >= 11 is 6.06. The normalized spacial score (nSPS) is 17.5. The summed E-state index contributed by atoms with van der Waals surface area (Å²) in [6.07, 6.45) is 12.9. The zero-order valence-electron chi connectivity index (χ0n) is 21.5. The number of hydrogen-bond acceptors (Lipinski definition) is 4. The van der Waals surface area contributed by atoms with E-state index in [1.54, 1.807) is 12.0 Å². The van der Waals surface area contributed by atoms with E-state index in [2.05, 4.69) is 11.4 Å². The van der Waals surface area contributed by atoms with Gasteiger partial charge in [-0.1, -0.05) is 37.0 Å². The largest absolute Gasteiger partial charge is 0.493 e. The molecule has 1 aromatic carbocycles. The van der Waals surface area contributed by atoms with Crippen LogP contribution in [0.15, 0.2) is 29.8 Å². The Hall–Kier alpha value is -2.21. The van der Waals surface area contributed by atoms with Crippen molar-refractivity contribution in [3.8, 4) is 11.5 Å². The molecule has 1 fully saturated rings. The minimum atomic E-state index is -0.783. The molecule has 194 valence electrons. The third kappa shape index (κ3) is 7.89. The Bertz CT molecular complexity index is 880. The van der Waals surface area contributed by atoms with Gasteiger partial charge in [0.1, 0.15) is 11.9 Å². The topological polar surface area (TPSA) is 67.9 Å². The van der Waals surface area contributed by atoms with Gasteiger partial charge in [-0.3, -0.25) is 9.59 Å². The summed E-state index contributed by atoms with van der Waals surface area (Å²) in [5.41, 5.74) is 2.05. The van der Waals surface area contributed by atoms with Crippen molar-refractivity contribution in [2.75, 3.05) is 19.5 Å². The number of alkyl halides is 1. The summed E-state index contributed by atoms with van der Waals surface area (Å²) in [6, 6.07) is 4.85. The molecule has 0 saturated heterocycles. The Labute approximate surface area is 215 Å². The zero-order valence-corrected chi connectivity index (χ0v) is 22.2. The van der Waals surface area contributed by atoms with Gasteiger partial charge in [-0.05, 0) is 76.5 Å². The maximum absolute atomic E-state index is 13.8. The van der Waals surface area contributed by atoms with Crippen LogP contribution in [0.25, 0.3) is 0 Å². The molecule has 35 heavy (non-hydrogen) atoms. The highest BCUT2D eigenvalue weighted by atomic mass is 35.5. The van der Waals surface area contributed by atoms with E-state index in [1.165, 1.54) is 24.8 Å². The first-order chi connectivity index (χ1) is 16.9. The molecule has 2 aliphatic rings. The number of carbonyl (C=O) groups excluding carboxylic acids is 2. The van der Waals surface area contributed by atoms with Gasteiger partial charge in [-0.2, -0.15) is 0 Å². The van der Waals surface area contributed by atoms with Crippen LogP contribution < -0.4 is 14.8 Å². The molecule has 1 aromatic rings. The van der Waals surface area contributed by atoms with E-state index in [0.29, 0.717) is 23.6 Å². The number of rotatable bonds is 11. The van der Waals surface area contributed by atoms with Gasteiger partial charge >= 0.3 is 0 Å². The second kappa shape index (κ2) is 13.8. The number of nitrogens with zero attached hydrogens (tertiary/aromatic N) is 1. The van der Waals surface area contributed by atoms with Crippen LogP contribution in [0.4, 0.5) is 0 Å². The number of methoxy groups -OCH3 is 1. The zero-order chi connectivity index (χ0) is 25.2. The van der Waals surface area contributed by atoms with Crippen LogP contribution in [-0.4, -0.2) is 48.4 Å². The van der Waals surface area contributed by atoms with Crippen LogP contribution in [0.3, 0.4) is 0 Å². The number of halogens is 1. The van der Waals surface area contributed by atoms with E-state index < -0.39 is 6.04 Å². The highest BCUT2D eigenvalue weighted by molar-refractivity contribution is 6.27. The Morgan fingerprint density at radius 2 is 1.89 bits per heavy atom. The first-order valence-corrected chi connectivity index (χ1v) is 13.6. The second-order valence-corrected chi connectivity index (χ2v) is 10.2. The number of allylic oxidation sites excluding steroid dienone is 1. The molecule has 1 N–H and O–H groups in total. The molecule has 0 spiro atoms. The summed E-state index contributed by atoms with van der Waals surface area (Å²) in [7, 11) is 1.58. The van der Waals surface area contributed by atoms with Crippen molar-refractivity contribution >= 4 is 23.4 Å². The molecule has 6 nitrogen and oxygen atoms in total. The van der Waals surface area contributed by atoms with Crippen LogP contribution in [0.5, 0.6) is 11.5 Å². The van der Waals surface area contributed by atoms with Gasteiger partial charge in [0.25, 0.3) is 0 Å². The van der Waals surface area contributed by atoms with Crippen LogP contribution in [-0.2, 0) is 9.59 Å². The minimum absolute atomic E-state index is 0.0155. The number of ether oxygens (including phenoxy) is 2. The van der Waals surface area contributed by atoms with E-state index in [9.17, 15) is 9.59 Å². The van der Waals surface area contributed by atoms with Gasteiger partial charge in [0.2, 0.25) is 11.8 Å². The van der Waals surface area contributed by atoms with E-state index >= 15 is 0 Å². The third-order valence-corrected chi connectivity index (χ3v) is 7.10. The Kier molecular flexibility index (Phi) is 10.8. The lowest BCUT2D eigenvalue weighted by molar-refractivity contribution is -0.139. The monoisotopic (exact) mass is 504 g/mol. The fourth-order valence-corrected chi connectivity index (χ4v) is 5.23. The van der Waals surface area contributed by atoms with Crippen molar-refractivity contribution in [2.24, 2.45) is 0 Å². The molecule has 0 aliphatic heterocycles. The van der Waals surface area contributed by atoms with Crippen molar-refractivity contribution in [2.45, 2.75) is 96.2 Å². The van der Waals surface area contributed by atoms with Gasteiger partial charge < -0.3 is 19.7 Å². The van der Waals surface area contributed by atoms with Crippen LogP contribution >= 0.6 is 11.6 Å². The second-order valence-electron chi connectivity index (χ2n) is 9.90. The summed E-state index contributed by atoms with van der Waals surface area (Å²) in [5, 5.41) is 3.24. The molecule has 0 aromatic heterocycles. The number of hydrogen-bond donors (Lipinski definition) is 1. The maximum Gasteiger partial charge on any atom is 0.247 e. The molecule has 0 radical (unpaired) electrons. The molecular formula is C28H41ClN2O4. The van der Waals surface area contributed by atoms with E-state index in [4.69, 9.17) is 21.1 Å². The highest BCUT2D eigenvalue weighted by Gasteiger charge is 2.33. The summed E-state index contributed by atoms with van der Waals surface area (Å²) in [5.74, 6) is 0.582. The number of amides is 2. The molecular weight excluding hydrogens is 464 g/mol. The average molecular weight is 505 g/mol. The fraction of sp³-hybridized carbons (Fsp3) is 0.643. The van der Waals surface area contributed by atoms with Crippen molar-refractivity contribution < 1.29 is 19.1 Å². The van der Waals surface area contributed by atoms with Gasteiger partial charge in [0, 0.05) is 12.6 Å². The van der Waals surface area contributed by atoms with E-state index in [-0.39, 0.29) is 29.8 Å². The quantitative estimate of drug-likeness (QED) is 0.299. The highest BCUT2D eigenvalue weighted by Crippen LogP contribution is 2.34. The maximum atomic E-state index is 13.8. The van der Waals surface area contributed by atoms with Crippen molar-refractivity contribution in [3.63, 3.8) is 0 Å². The van der Waals surface area contributed by atoms with Crippen molar-refractivity contribution in [1.29, 1.82) is 0 Å². The Morgan fingerprint density at radius 1 is 1.11 bits per heavy atom. The summed E-state index contributed by atoms with van der Waals surface area (Å²) in [4.78, 5) is 28.5. The van der Waals surface area contributed by atoms with Gasteiger partial charge in [0.05, 0.1) is 13.2 Å². The lowest BCUT2D eigenvalue weighted by Crippen LogP contribution is -2.47. The molecule has 2 amide bonds. The fourth-order valence-electron chi connectivity index (χ4n) is 5.08. The number of nitrogens with one attached hydrogen (secondary N) is 1. The van der Waals surface area contributed by atoms with Gasteiger partial charge in [0.15, 0.2) is 11.5 Å². The predicted molar refractivity (Wildman–Crippen MR) is 140 cm³/mol. The van der Waals surface area contributed by atoms with Crippen LogP contribution in [0, 0.1) is 0 Å². The van der Waals surface area contributed by atoms with E-state index in [1.807, 2.05) is 32.0 Å². The molecule has 3 rings (SSSR count). The van der Waals surface area contributed by atoms with Crippen LogP contribution in [0.1, 0.15) is 89.7 Å². The van der Waals surface area contributed by atoms with Crippen molar-refractivity contribution in [1.82, 2.24) is 10.2 Å². The lowest BCUT2D eigenvalue weighted by Gasteiger charge is -2.34. The smallest absolute Gasteiger partial charge is 0.247 e. The molecule has 1 unspecified atom stereocenters.